The fourth-order valence-electron chi connectivity index (χ4n) is 0.556. The van der Waals surface area contributed by atoms with Gasteiger partial charge in [-0.2, -0.15) is 0 Å². The van der Waals surface area contributed by atoms with Crippen LogP contribution < -0.4 is 11.2 Å². The van der Waals surface area contributed by atoms with Gasteiger partial charge >= 0.3 is 0 Å². The van der Waals surface area contributed by atoms with Crippen LogP contribution >= 0.6 is 0 Å². The number of hydrazine groups is 1. The van der Waals surface area contributed by atoms with Gasteiger partial charge in [-0.1, -0.05) is 0 Å². The lowest BCUT2D eigenvalue weighted by Crippen LogP contribution is -2.24. The molecule has 0 radical (unpaired) electrons. The van der Waals surface area contributed by atoms with Gasteiger partial charge in [-0.3, -0.25) is 0 Å². The fourth-order valence-corrected chi connectivity index (χ4v) is 0.556. The van der Waals surface area contributed by atoms with Crippen molar-refractivity contribution >= 4 is 0 Å². The molecule has 40 valence electrons. The van der Waals surface area contributed by atoms with E-state index in [0.717, 1.165) is 12.2 Å². The van der Waals surface area contributed by atoms with Crippen molar-refractivity contribution in [3.63, 3.8) is 0 Å². The van der Waals surface area contributed by atoms with E-state index in [1.165, 1.54) is 0 Å². The summed E-state index contributed by atoms with van der Waals surface area (Å²) in [5.41, 5.74) is 9.26. The number of hydrogen-bond acceptors (Lipinski definition) is 3. The summed E-state index contributed by atoms with van der Waals surface area (Å²) in [5.74, 6) is 0. The van der Waals surface area contributed by atoms with Crippen molar-refractivity contribution in [2.45, 2.75) is 0 Å². The van der Waals surface area contributed by atoms with E-state index in [1.54, 1.807) is 0 Å². The van der Waals surface area contributed by atoms with Gasteiger partial charge in [0.05, 0.1) is 6.54 Å². The van der Waals surface area contributed by atoms with Crippen molar-refractivity contribution < 1.29 is 0 Å². The van der Waals surface area contributed by atoms with Gasteiger partial charge in [-0.05, 0) is 0 Å². The van der Waals surface area contributed by atoms with E-state index in [2.05, 4.69) is 5.43 Å². The van der Waals surface area contributed by atoms with Gasteiger partial charge in [0.15, 0.2) is 0 Å². The number of hydrogen-bond donors (Lipinski definition) is 2. The summed E-state index contributed by atoms with van der Waals surface area (Å²) >= 11 is 0. The van der Waals surface area contributed by atoms with Crippen LogP contribution in [0.15, 0.2) is 11.9 Å². The maximum Gasteiger partial charge on any atom is 0.0561 e. The molecule has 0 atom stereocenters. The van der Waals surface area contributed by atoms with Crippen LogP contribution in [-0.4, -0.2) is 18.6 Å². The first kappa shape index (κ1) is 4.46. The van der Waals surface area contributed by atoms with Crippen LogP contribution in [0.3, 0.4) is 0 Å². The Morgan fingerprint density at radius 1 is 2.00 bits per heavy atom. The molecule has 1 aliphatic heterocycles. The third kappa shape index (κ3) is 0.838. The van der Waals surface area contributed by atoms with Crippen LogP contribution in [0.5, 0.6) is 0 Å². The molecule has 3 heteroatoms. The second kappa shape index (κ2) is 1.42. The lowest BCUT2D eigenvalue weighted by molar-refractivity contribution is 0.373. The molecule has 0 aromatic heterocycles. The molecule has 0 aliphatic carbocycles. The molecule has 1 rings (SSSR count). The standard InChI is InChI=1S/C4H9N3/c1-7-3-4(5)2-6-7/h3,6H,2,5H2,1H3. The Morgan fingerprint density at radius 2 is 2.71 bits per heavy atom. The molecule has 1 heterocycles. The second-order valence-corrected chi connectivity index (χ2v) is 1.65. The van der Waals surface area contributed by atoms with Crippen LogP contribution in [0.4, 0.5) is 0 Å². The zero-order valence-corrected chi connectivity index (χ0v) is 4.31. The lowest BCUT2D eigenvalue weighted by Gasteiger charge is -2.04. The topological polar surface area (TPSA) is 41.3 Å². The first-order valence-corrected chi connectivity index (χ1v) is 2.21. The monoisotopic (exact) mass is 99.1 g/mol. The largest absolute Gasteiger partial charge is 0.400 e. The van der Waals surface area contributed by atoms with Crippen LogP contribution in [0.1, 0.15) is 0 Å². The smallest absolute Gasteiger partial charge is 0.0561 e. The van der Waals surface area contributed by atoms with Gasteiger partial charge in [0.1, 0.15) is 0 Å². The highest BCUT2D eigenvalue weighted by Crippen LogP contribution is 1.91. The quantitative estimate of drug-likeness (QED) is 0.419. The van der Waals surface area contributed by atoms with E-state index in [0.29, 0.717) is 0 Å². The summed E-state index contributed by atoms with van der Waals surface area (Å²) in [6, 6.07) is 0. The molecule has 7 heavy (non-hydrogen) atoms. The Kier molecular flexibility index (Phi) is 0.906. The SMILES string of the molecule is CN1C=C(N)CN1. The number of nitrogens with two attached hydrogens (primary N) is 1. The zero-order valence-electron chi connectivity index (χ0n) is 4.31. The Hall–Kier alpha value is -0.700. The van der Waals surface area contributed by atoms with Crippen molar-refractivity contribution in [1.29, 1.82) is 0 Å². The number of nitrogens with one attached hydrogen (secondary N) is 1. The first-order chi connectivity index (χ1) is 3.29. The fraction of sp³-hybridized carbons (Fsp3) is 0.500. The van der Waals surface area contributed by atoms with Crippen LogP contribution in [0, 0.1) is 0 Å². The average molecular weight is 99.1 g/mol. The molecule has 3 N–H and O–H groups in total. The maximum atomic E-state index is 5.38. The number of rotatable bonds is 0. The summed E-state index contributed by atoms with van der Waals surface area (Å²) in [6.45, 7) is 0.788. The van der Waals surface area contributed by atoms with Gasteiger partial charge in [0.25, 0.3) is 0 Å². The molecule has 0 fully saturated rings. The van der Waals surface area contributed by atoms with Crippen molar-refractivity contribution in [3.8, 4) is 0 Å². The minimum absolute atomic E-state index is 0.788. The molecule has 1 aliphatic rings. The summed E-state index contributed by atoms with van der Waals surface area (Å²) in [7, 11) is 1.92. The predicted molar refractivity (Wildman–Crippen MR) is 28.0 cm³/mol. The summed E-state index contributed by atoms with van der Waals surface area (Å²) in [6.07, 6.45) is 1.86. The molecule has 0 spiro atoms. The van der Waals surface area contributed by atoms with E-state index in [1.807, 2.05) is 18.3 Å². The van der Waals surface area contributed by atoms with Gasteiger partial charge in [0, 0.05) is 18.9 Å². The third-order valence-electron chi connectivity index (χ3n) is 0.892. The Labute approximate surface area is 42.8 Å². The first-order valence-electron chi connectivity index (χ1n) is 2.21. The van der Waals surface area contributed by atoms with E-state index >= 15 is 0 Å². The molecular formula is C4H9N3. The highest BCUT2D eigenvalue weighted by molar-refractivity contribution is 5.01. The minimum atomic E-state index is 0.788. The second-order valence-electron chi connectivity index (χ2n) is 1.65. The van der Waals surface area contributed by atoms with Gasteiger partial charge in [-0.25, -0.2) is 5.43 Å². The molecule has 0 aromatic rings. The molecule has 0 unspecified atom stereocenters. The zero-order chi connectivity index (χ0) is 5.28. The summed E-state index contributed by atoms with van der Waals surface area (Å²) in [5, 5.41) is 1.84. The van der Waals surface area contributed by atoms with Crippen molar-refractivity contribution in [3.05, 3.63) is 11.9 Å². The Morgan fingerprint density at radius 3 is 2.86 bits per heavy atom. The minimum Gasteiger partial charge on any atom is -0.400 e. The molecule has 0 saturated heterocycles. The van der Waals surface area contributed by atoms with Crippen LogP contribution in [-0.2, 0) is 0 Å². The van der Waals surface area contributed by atoms with Crippen molar-refractivity contribution in [1.82, 2.24) is 10.4 Å². The van der Waals surface area contributed by atoms with E-state index in [9.17, 15) is 0 Å². The molecule has 0 amide bonds. The van der Waals surface area contributed by atoms with Gasteiger partial charge < -0.3 is 10.7 Å². The molecule has 3 nitrogen and oxygen atoms in total. The summed E-state index contributed by atoms with van der Waals surface area (Å²) in [4.78, 5) is 0. The molecular weight excluding hydrogens is 90.1 g/mol. The third-order valence-corrected chi connectivity index (χ3v) is 0.892. The van der Waals surface area contributed by atoms with E-state index in [-0.39, 0.29) is 0 Å². The molecule has 0 saturated carbocycles. The van der Waals surface area contributed by atoms with Crippen LogP contribution in [0.25, 0.3) is 0 Å². The molecule has 0 bridgehead atoms. The van der Waals surface area contributed by atoms with Gasteiger partial charge in [-0.15, -0.1) is 0 Å². The Balaban J connectivity index is 2.50. The van der Waals surface area contributed by atoms with E-state index in [4.69, 9.17) is 5.73 Å². The maximum absolute atomic E-state index is 5.38. The normalized spacial score (nSPS) is 20.1. The molecule has 0 aromatic carbocycles. The van der Waals surface area contributed by atoms with Crippen LogP contribution in [0.2, 0.25) is 0 Å². The predicted octanol–water partition coefficient (Wildman–Crippen LogP) is -0.763. The van der Waals surface area contributed by atoms with E-state index < -0.39 is 0 Å². The van der Waals surface area contributed by atoms with Gasteiger partial charge in [0.2, 0.25) is 0 Å². The lowest BCUT2D eigenvalue weighted by atomic mass is 10.5. The number of nitrogens with zero attached hydrogens (tertiary/aromatic N) is 1. The van der Waals surface area contributed by atoms with Crippen molar-refractivity contribution in [2.24, 2.45) is 5.73 Å². The summed E-state index contributed by atoms with van der Waals surface area (Å²) < 4.78 is 0. The highest BCUT2D eigenvalue weighted by atomic mass is 15.5. The highest BCUT2D eigenvalue weighted by Gasteiger charge is 2.00. The average Bonchev–Trinajstić information content (AvgIpc) is 1.87. The van der Waals surface area contributed by atoms with Crippen molar-refractivity contribution in [2.75, 3.05) is 13.6 Å². The Bertz CT molecular complexity index is 97.1.